The van der Waals surface area contributed by atoms with Gasteiger partial charge in [0, 0.05) is 24.8 Å². The van der Waals surface area contributed by atoms with Crippen LogP contribution in [0.4, 0.5) is 0 Å². The van der Waals surface area contributed by atoms with Gasteiger partial charge in [-0.25, -0.2) is 0 Å². The SMILES string of the molecule is C1=c2c(ccc3c2=CCc2ccccc2-3)CCC1.c1cnccn1. The van der Waals surface area contributed by atoms with E-state index in [9.17, 15) is 0 Å². The van der Waals surface area contributed by atoms with E-state index in [4.69, 9.17) is 0 Å². The molecule has 0 bridgehead atoms. The molecule has 0 saturated heterocycles. The topological polar surface area (TPSA) is 25.8 Å². The molecule has 0 aliphatic heterocycles. The van der Waals surface area contributed by atoms with Gasteiger partial charge in [-0.3, -0.25) is 9.97 Å². The second-order valence-electron chi connectivity index (χ2n) is 6.16. The fourth-order valence-electron chi connectivity index (χ4n) is 3.56. The van der Waals surface area contributed by atoms with Crippen molar-refractivity contribution in [1.82, 2.24) is 9.97 Å². The number of benzene rings is 2. The molecule has 2 heteroatoms. The molecule has 2 aromatic carbocycles. The molecule has 0 amide bonds. The van der Waals surface area contributed by atoms with Gasteiger partial charge in [-0.15, -0.1) is 0 Å². The molecule has 1 heterocycles. The molecule has 0 unspecified atom stereocenters. The minimum atomic E-state index is 1.08. The highest BCUT2D eigenvalue weighted by atomic mass is 14.7. The van der Waals surface area contributed by atoms with Crippen molar-refractivity contribution in [3.05, 3.63) is 82.7 Å². The zero-order valence-electron chi connectivity index (χ0n) is 13.7. The van der Waals surface area contributed by atoms with Gasteiger partial charge in [0.1, 0.15) is 0 Å². The lowest BCUT2D eigenvalue weighted by Gasteiger charge is -2.17. The lowest BCUT2D eigenvalue weighted by molar-refractivity contribution is 0.834. The molecule has 3 aromatic rings. The quantitative estimate of drug-likeness (QED) is 0.636. The van der Waals surface area contributed by atoms with Crippen molar-refractivity contribution in [1.29, 1.82) is 0 Å². The predicted octanol–water partition coefficient (Wildman–Crippen LogP) is 3.28. The molecular weight excluding hydrogens is 292 g/mol. The third-order valence-corrected chi connectivity index (χ3v) is 4.69. The van der Waals surface area contributed by atoms with Crippen molar-refractivity contribution >= 4 is 12.2 Å². The molecule has 118 valence electrons. The van der Waals surface area contributed by atoms with E-state index in [2.05, 4.69) is 58.5 Å². The Balaban J connectivity index is 0.000000207. The van der Waals surface area contributed by atoms with Crippen LogP contribution < -0.4 is 10.4 Å². The summed E-state index contributed by atoms with van der Waals surface area (Å²) in [5.74, 6) is 0. The van der Waals surface area contributed by atoms with E-state index < -0.39 is 0 Å². The molecule has 2 aliphatic rings. The van der Waals surface area contributed by atoms with E-state index in [0.717, 1.165) is 6.42 Å². The monoisotopic (exact) mass is 312 g/mol. The number of aromatic nitrogens is 2. The minimum absolute atomic E-state index is 1.08. The molecule has 2 aliphatic carbocycles. The zero-order chi connectivity index (χ0) is 16.2. The van der Waals surface area contributed by atoms with Gasteiger partial charge in [-0.2, -0.15) is 0 Å². The summed E-state index contributed by atoms with van der Waals surface area (Å²) < 4.78 is 0. The lowest BCUT2D eigenvalue weighted by Crippen LogP contribution is -2.33. The molecule has 1 aromatic heterocycles. The third-order valence-electron chi connectivity index (χ3n) is 4.69. The number of hydrogen-bond acceptors (Lipinski definition) is 2. The molecule has 0 radical (unpaired) electrons. The summed E-state index contributed by atoms with van der Waals surface area (Å²) in [6.45, 7) is 0. The van der Waals surface area contributed by atoms with Crippen LogP contribution >= 0.6 is 0 Å². The minimum Gasteiger partial charge on any atom is -0.262 e. The summed E-state index contributed by atoms with van der Waals surface area (Å²) >= 11 is 0. The van der Waals surface area contributed by atoms with E-state index in [-0.39, 0.29) is 0 Å². The Morgan fingerprint density at radius 1 is 0.667 bits per heavy atom. The van der Waals surface area contributed by atoms with Crippen LogP contribution in [0.2, 0.25) is 0 Å². The fraction of sp³-hybridized carbons (Fsp3) is 0.182. The van der Waals surface area contributed by atoms with E-state index in [1.54, 1.807) is 24.8 Å². The fourth-order valence-corrected chi connectivity index (χ4v) is 3.56. The number of aryl methyl sites for hydroxylation is 1. The van der Waals surface area contributed by atoms with E-state index in [1.165, 1.54) is 52.0 Å². The van der Waals surface area contributed by atoms with Gasteiger partial charge in [-0.1, -0.05) is 48.6 Å². The van der Waals surface area contributed by atoms with Crippen LogP contribution in [0.5, 0.6) is 0 Å². The number of fused-ring (bicyclic) bond motifs is 5. The van der Waals surface area contributed by atoms with Crippen LogP contribution in [0, 0.1) is 0 Å². The Morgan fingerprint density at radius 3 is 2.25 bits per heavy atom. The summed E-state index contributed by atoms with van der Waals surface area (Å²) in [6, 6.07) is 13.5. The summed E-state index contributed by atoms with van der Waals surface area (Å²) in [7, 11) is 0. The van der Waals surface area contributed by atoms with Gasteiger partial charge < -0.3 is 0 Å². The standard InChI is InChI=1S/C18H16.C4H4N2/c1-3-7-15-13(5-1)9-11-18-16-8-4-2-6-14(16)10-12-17(15)18;1-2-6-4-3-5-1/h1,3,5,7-8,10-12H,2,4,6,9H2;1-4H. The number of nitrogens with zero attached hydrogens (tertiary/aromatic N) is 2. The Bertz CT molecular complexity index is 932. The van der Waals surface area contributed by atoms with Crippen LogP contribution in [0.1, 0.15) is 24.0 Å². The lowest BCUT2D eigenvalue weighted by atomic mass is 9.87. The van der Waals surface area contributed by atoms with Crippen molar-refractivity contribution < 1.29 is 0 Å². The Morgan fingerprint density at radius 2 is 1.46 bits per heavy atom. The first kappa shape index (κ1) is 14.8. The molecule has 24 heavy (non-hydrogen) atoms. The highest BCUT2D eigenvalue weighted by Crippen LogP contribution is 2.24. The van der Waals surface area contributed by atoms with Crippen molar-refractivity contribution in [2.45, 2.75) is 25.7 Å². The van der Waals surface area contributed by atoms with Crippen molar-refractivity contribution in [3.8, 4) is 11.1 Å². The highest BCUT2D eigenvalue weighted by Gasteiger charge is 2.13. The van der Waals surface area contributed by atoms with Gasteiger partial charge in [0.25, 0.3) is 0 Å². The maximum absolute atomic E-state index is 3.72. The molecule has 0 fully saturated rings. The van der Waals surface area contributed by atoms with E-state index in [1.807, 2.05) is 0 Å². The number of hydrogen-bond donors (Lipinski definition) is 0. The van der Waals surface area contributed by atoms with Crippen molar-refractivity contribution in [3.63, 3.8) is 0 Å². The average Bonchev–Trinajstić information content (AvgIpc) is 2.69. The zero-order valence-corrected chi connectivity index (χ0v) is 13.7. The maximum atomic E-state index is 3.72. The summed E-state index contributed by atoms with van der Waals surface area (Å²) in [6.07, 6.45) is 16.3. The molecule has 0 saturated carbocycles. The van der Waals surface area contributed by atoms with Crippen LogP contribution in [-0.2, 0) is 12.8 Å². The smallest absolute Gasteiger partial charge is 0.0451 e. The molecule has 5 rings (SSSR count). The van der Waals surface area contributed by atoms with Crippen LogP contribution in [0.25, 0.3) is 23.3 Å². The molecule has 0 spiro atoms. The van der Waals surface area contributed by atoms with Gasteiger partial charge in [0.15, 0.2) is 0 Å². The largest absolute Gasteiger partial charge is 0.262 e. The van der Waals surface area contributed by atoms with Crippen LogP contribution in [0.15, 0.2) is 61.2 Å². The second kappa shape index (κ2) is 6.79. The Kier molecular flexibility index (Phi) is 4.20. The second-order valence-corrected chi connectivity index (χ2v) is 6.16. The van der Waals surface area contributed by atoms with Crippen molar-refractivity contribution in [2.24, 2.45) is 0 Å². The first-order valence-electron chi connectivity index (χ1n) is 8.54. The summed E-state index contributed by atoms with van der Waals surface area (Å²) in [4.78, 5) is 7.44. The molecule has 0 N–H and O–H groups in total. The molecular formula is C22H20N2. The number of rotatable bonds is 0. The third kappa shape index (κ3) is 2.88. The van der Waals surface area contributed by atoms with Gasteiger partial charge in [-0.05, 0) is 58.4 Å². The highest BCUT2D eigenvalue weighted by molar-refractivity contribution is 5.74. The summed E-state index contributed by atoms with van der Waals surface area (Å²) in [5, 5.41) is 2.99. The van der Waals surface area contributed by atoms with Gasteiger partial charge >= 0.3 is 0 Å². The first-order valence-corrected chi connectivity index (χ1v) is 8.54. The Hall–Kier alpha value is -2.74. The first-order chi connectivity index (χ1) is 11.9. The van der Waals surface area contributed by atoms with E-state index >= 15 is 0 Å². The van der Waals surface area contributed by atoms with E-state index in [0.29, 0.717) is 0 Å². The molecule has 2 nitrogen and oxygen atoms in total. The van der Waals surface area contributed by atoms with Gasteiger partial charge in [0.2, 0.25) is 0 Å². The molecule has 0 atom stereocenters. The van der Waals surface area contributed by atoms with Crippen LogP contribution in [0.3, 0.4) is 0 Å². The van der Waals surface area contributed by atoms with Gasteiger partial charge in [0.05, 0.1) is 0 Å². The normalized spacial score (nSPS) is 13.8. The average molecular weight is 312 g/mol. The summed E-state index contributed by atoms with van der Waals surface area (Å²) in [5.41, 5.74) is 5.85. The maximum Gasteiger partial charge on any atom is 0.0451 e. The predicted molar refractivity (Wildman–Crippen MR) is 98.7 cm³/mol. The van der Waals surface area contributed by atoms with Crippen molar-refractivity contribution in [2.75, 3.05) is 0 Å². The Labute approximate surface area is 142 Å². The van der Waals surface area contributed by atoms with Crippen LogP contribution in [-0.4, -0.2) is 9.97 Å².